The summed E-state index contributed by atoms with van der Waals surface area (Å²) < 4.78 is 4.66. The molecule has 1 N–H and O–H groups in total. The fourth-order valence-electron chi connectivity index (χ4n) is 0.824. The summed E-state index contributed by atoms with van der Waals surface area (Å²) in [4.78, 5) is 22.4. The molecule has 86 valence electrons. The van der Waals surface area contributed by atoms with E-state index in [1.807, 2.05) is 0 Å². The van der Waals surface area contributed by atoms with Crippen molar-refractivity contribution in [2.24, 2.45) is 10.2 Å². The molecule has 0 saturated carbocycles. The molecule has 0 spiro atoms. The number of nitrogens with one attached hydrogen (secondary N) is 1. The summed E-state index contributed by atoms with van der Waals surface area (Å²) in [6.45, 7) is 3.02. The highest BCUT2D eigenvalue weighted by Crippen LogP contribution is 2.04. The Morgan fingerprint density at radius 2 is 2.31 bits per heavy atom. The van der Waals surface area contributed by atoms with E-state index in [9.17, 15) is 9.59 Å². The van der Waals surface area contributed by atoms with Crippen LogP contribution in [0, 0.1) is 0 Å². The number of tetrazole rings is 1. The van der Waals surface area contributed by atoms with E-state index < -0.39 is 17.8 Å². The fraction of sp³-hybridized carbons (Fsp3) is 0.571. The first-order chi connectivity index (χ1) is 7.65. The van der Waals surface area contributed by atoms with Crippen molar-refractivity contribution in [3.8, 4) is 0 Å². The predicted molar refractivity (Wildman–Crippen MR) is 49.8 cm³/mol. The molecule has 0 bridgehead atoms. The van der Waals surface area contributed by atoms with Gasteiger partial charge in [-0.2, -0.15) is 10.3 Å². The van der Waals surface area contributed by atoms with Crippen LogP contribution in [-0.2, 0) is 14.3 Å². The number of rotatable bonds is 5. The van der Waals surface area contributed by atoms with E-state index in [1.165, 1.54) is 6.92 Å². The second-order valence-corrected chi connectivity index (χ2v) is 2.69. The van der Waals surface area contributed by atoms with E-state index in [1.54, 1.807) is 6.92 Å². The average molecular weight is 226 g/mol. The van der Waals surface area contributed by atoms with E-state index >= 15 is 0 Å². The smallest absolute Gasteiger partial charge is 0.340 e. The van der Waals surface area contributed by atoms with Gasteiger partial charge < -0.3 is 4.74 Å². The van der Waals surface area contributed by atoms with Crippen molar-refractivity contribution < 1.29 is 14.3 Å². The zero-order valence-electron chi connectivity index (χ0n) is 8.75. The molecule has 1 rings (SSSR count). The highest BCUT2D eigenvalue weighted by Gasteiger charge is 2.24. The lowest BCUT2D eigenvalue weighted by atomic mass is 10.2. The molecule has 0 aliphatic heterocycles. The molecule has 0 unspecified atom stereocenters. The first-order valence-electron chi connectivity index (χ1n) is 4.46. The molecule has 0 aromatic carbocycles. The summed E-state index contributed by atoms with van der Waals surface area (Å²) >= 11 is 0. The Kier molecular flexibility index (Phi) is 4.18. The number of H-pyrrole nitrogens is 1. The number of hydrogen-bond donors (Lipinski definition) is 1. The van der Waals surface area contributed by atoms with Gasteiger partial charge in [-0.05, 0) is 19.1 Å². The summed E-state index contributed by atoms with van der Waals surface area (Å²) in [6.07, 6.45) is 0. The number of ether oxygens (including phenoxy) is 1. The van der Waals surface area contributed by atoms with Crippen molar-refractivity contribution in [2.75, 3.05) is 6.61 Å². The Hall–Kier alpha value is -2.19. The van der Waals surface area contributed by atoms with Crippen LogP contribution in [0.2, 0.25) is 0 Å². The lowest BCUT2D eigenvalue weighted by Gasteiger charge is -2.05. The van der Waals surface area contributed by atoms with Gasteiger partial charge in [0, 0.05) is 0 Å². The number of esters is 1. The van der Waals surface area contributed by atoms with Gasteiger partial charge in [0.05, 0.1) is 6.61 Å². The number of carbonyl (C=O) groups excluding carboxylic acids is 2. The van der Waals surface area contributed by atoms with E-state index in [0.29, 0.717) is 0 Å². The van der Waals surface area contributed by atoms with E-state index in [2.05, 4.69) is 35.6 Å². The van der Waals surface area contributed by atoms with Crippen LogP contribution >= 0.6 is 0 Å². The largest absolute Gasteiger partial charge is 0.464 e. The molecule has 1 aromatic rings. The zero-order chi connectivity index (χ0) is 12.0. The van der Waals surface area contributed by atoms with Crippen molar-refractivity contribution in [1.82, 2.24) is 20.6 Å². The van der Waals surface area contributed by atoms with Crippen molar-refractivity contribution in [2.45, 2.75) is 19.9 Å². The SMILES string of the molecule is CCOC(=O)[C@@H](N=Nc1nn[nH]n1)C(C)=O. The number of Topliss-reactive ketones (excluding diaryl/α,β-unsaturated/α-hetero) is 1. The van der Waals surface area contributed by atoms with E-state index in [0.717, 1.165) is 0 Å². The van der Waals surface area contributed by atoms with Crippen molar-refractivity contribution in [3.63, 3.8) is 0 Å². The Balaban J connectivity index is 2.72. The third kappa shape index (κ3) is 3.19. The lowest BCUT2D eigenvalue weighted by molar-refractivity contribution is -0.147. The molecule has 0 saturated heterocycles. The maximum atomic E-state index is 11.3. The van der Waals surface area contributed by atoms with Crippen LogP contribution in [0.25, 0.3) is 0 Å². The first kappa shape index (κ1) is 11.9. The van der Waals surface area contributed by atoms with Gasteiger partial charge in [-0.1, -0.05) is 5.10 Å². The van der Waals surface area contributed by atoms with Gasteiger partial charge >= 0.3 is 11.9 Å². The minimum absolute atomic E-state index is 0.0597. The number of aromatic nitrogens is 4. The Morgan fingerprint density at radius 1 is 1.56 bits per heavy atom. The second-order valence-electron chi connectivity index (χ2n) is 2.69. The summed E-state index contributed by atoms with van der Waals surface area (Å²) in [6, 6.07) is -1.28. The van der Waals surface area contributed by atoms with Crippen LogP contribution in [0.4, 0.5) is 5.95 Å². The minimum Gasteiger partial charge on any atom is -0.464 e. The zero-order valence-corrected chi connectivity index (χ0v) is 8.75. The molecule has 0 aliphatic rings. The molecule has 1 aromatic heterocycles. The second kappa shape index (κ2) is 5.63. The van der Waals surface area contributed by atoms with Crippen LogP contribution in [0.15, 0.2) is 10.2 Å². The molecular weight excluding hydrogens is 216 g/mol. The first-order valence-corrected chi connectivity index (χ1v) is 4.46. The molecular formula is C7H10N6O3. The monoisotopic (exact) mass is 226 g/mol. The van der Waals surface area contributed by atoms with Crippen LogP contribution in [0.1, 0.15) is 13.8 Å². The topological polar surface area (TPSA) is 123 Å². The van der Waals surface area contributed by atoms with Crippen LogP contribution in [0.5, 0.6) is 0 Å². The number of carbonyl (C=O) groups is 2. The predicted octanol–water partition coefficient (Wildman–Crippen LogP) is -0.196. The van der Waals surface area contributed by atoms with Crippen molar-refractivity contribution >= 4 is 17.7 Å². The van der Waals surface area contributed by atoms with Gasteiger partial charge in [0.25, 0.3) is 0 Å². The van der Waals surface area contributed by atoms with E-state index in [4.69, 9.17) is 0 Å². The molecule has 0 amide bonds. The molecule has 0 aliphatic carbocycles. The van der Waals surface area contributed by atoms with Gasteiger partial charge in [0.1, 0.15) is 0 Å². The van der Waals surface area contributed by atoms with Crippen molar-refractivity contribution in [3.05, 3.63) is 0 Å². The molecule has 0 radical (unpaired) electrons. The Bertz CT molecular complexity index is 387. The lowest BCUT2D eigenvalue weighted by Crippen LogP contribution is -2.28. The third-order valence-corrected chi connectivity index (χ3v) is 1.49. The van der Waals surface area contributed by atoms with E-state index in [-0.39, 0.29) is 12.6 Å². The van der Waals surface area contributed by atoms with Gasteiger partial charge in [-0.3, -0.25) is 4.79 Å². The van der Waals surface area contributed by atoms with Crippen LogP contribution < -0.4 is 0 Å². The van der Waals surface area contributed by atoms with Crippen LogP contribution in [-0.4, -0.2) is 45.0 Å². The Morgan fingerprint density at radius 3 is 2.81 bits per heavy atom. The molecule has 9 nitrogen and oxygen atoms in total. The summed E-state index contributed by atoms with van der Waals surface area (Å²) in [5, 5.41) is 19.3. The Labute approximate surface area is 90.3 Å². The van der Waals surface area contributed by atoms with Crippen molar-refractivity contribution in [1.29, 1.82) is 0 Å². The quantitative estimate of drug-likeness (QED) is 0.421. The number of aromatic amines is 1. The molecule has 1 atom stereocenters. The summed E-state index contributed by atoms with van der Waals surface area (Å²) in [7, 11) is 0. The maximum Gasteiger partial charge on any atom is 0.340 e. The van der Waals surface area contributed by atoms with Gasteiger partial charge in [0.2, 0.25) is 6.04 Å². The molecule has 9 heteroatoms. The van der Waals surface area contributed by atoms with Gasteiger partial charge in [-0.15, -0.1) is 10.2 Å². The fourth-order valence-corrected chi connectivity index (χ4v) is 0.824. The molecule has 16 heavy (non-hydrogen) atoms. The van der Waals surface area contributed by atoms with Gasteiger partial charge in [-0.25, -0.2) is 4.79 Å². The molecule has 0 fully saturated rings. The number of nitrogens with zero attached hydrogens (tertiary/aromatic N) is 5. The number of azo groups is 1. The normalized spacial score (nSPS) is 12.6. The highest BCUT2D eigenvalue weighted by atomic mass is 16.5. The van der Waals surface area contributed by atoms with Crippen LogP contribution in [0.3, 0.4) is 0 Å². The van der Waals surface area contributed by atoms with Gasteiger partial charge in [0.15, 0.2) is 5.78 Å². The summed E-state index contributed by atoms with van der Waals surface area (Å²) in [5.74, 6) is -1.27. The average Bonchev–Trinajstić information content (AvgIpc) is 2.70. The molecule has 1 heterocycles. The number of ketones is 1. The highest BCUT2D eigenvalue weighted by molar-refractivity contribution is 6.02. The minimum atomic E-state index is -1.28. The third-order valence-electron chi connectivity index (χ3n) is 1.49. The number of hydrogen-bond acceptors (Lipinski definition) is 8. The summed E-state index contributed by atoms with van der Waals surface area (Å²) in [5.41, 5.74) is 0. The standard InChI is InChI=1S/C7H10N6O3/c1-3-16-6(15)5(4(2)14)8-9-7-10-12-13-11-7/h5H,3H2,1-2H3,(H,10,11,12,13)/t5-/m0/s1. The maximum absolute atomic E-state index is 11.3.